The predicted molar refractivity (Wildman–Crippen MR) is 125 cm³/mol. The standard InChI is InChI=1S/C24H28N2O7S/c1-16-4-2-3-5-20(16)25-23(27)15-33-24(28)17-6-8-18(9-7-17)26-34(29,30)19-10-11-21-22(14-19)32-13-12-31-21/h6-11,14,16,20,26H,2-5,12-13,15H2,1H3,(H,25,27). The lowest BCUT2D eigenvalue weighted by atomic mass is 9.86. The van der Waals surface area contributed by atoms with E-state index >= 15 is 0 Å². The van der Waals surface area contributed by atoms with Crippen molar-refractivity contribution >= 4 is 27.6 Å². The highest BCUT2D eigenvalue weighted by molar-refractivity contribution is 7.92. The van der Waals surface area contributed by atoms with Crippen molar-refractivity contribution in [2.75, 3.05) is 24.5 Å². The molecule has 2 atom stereocenters. The Hall–Kier alpha value is -3.27. The van der Waals surface area contributed by atoms with Crippen molar-refractivity contribution in [3.05, 3.63) is 48.0 Å². The maximum absolute atomic E-state index is 12.7. The molecule has 10 heteroatoms. The van der Waals surface area contributed by atoms with Crippen LogP contribution < -0.4 is 19.5 Å². The molecule has 1 aliphatic carbocycles. The normalized spacial score (nSPS) is 19.7. The molecule has 1 fully saturated rings. The van der Waals surface area contributed by atoms with E-state index in [1.165, 1.54) is 42.8 Å². The van der Waals surface area contributed by atoms with Crippen LogP contribution in [0.3, 0.4) is 0 Å². The number of sulfonamides is 1. The number of ether oxygens (including phenoxy) is 3. The maximum Gasteiger partial charge on any atom is 0.338 e. The number of rotatable bonds is 7. The van der Waals surface area contributed by atoms with Crippen LogP contribution >= 0.6 is 0 Å². The van der Waals surface area contributed by atoms with Gasteiger partial charge in [0.25, 0.3) is 15.9 Å². The molecule has 0 spiro atoms. The van der Waals surface area contributed by atoms with Gasteiger partial charge in [-0.1, -0.05) is 19.8 Å². The Morgan fingerprint density at radius 2 is 1.71 bits per heavy atom. The molecule has 2 aromatic rings. The number of carbonyl (C=O) groups is 2. The van der Waals surface area contributed by atoms with Crippen LogP contribution in [-0.2, 0) is 19.6 Å². The van der Waals surface area contributed by atoms with Gasteiger partial charge < -0.3 is 19.5 Å². The predicted octanol–water partition coefficient (Wildman–Crippen LogP) is 3.11. The Labute approximate surface area is 198 Å². The van der Waals surface area contributed by atoms with Gasteiger partial charge in [-0.3, -0.25) is 9.52 Å². The first kappa shape index (κ1) is 23.9. The maximum atomic E-state index is 12.7. The largest absolute Gasteiger partial charge is 0.486 e. The van der Waals surface area contributed by atoms with Gasteiger partial charge >= 0.3 is 5.97 Å². The second-order valence-corrected chi connectivity index (χ2v) is 10.2. The minimum absolute atomic E-state index is 0.0264. The van der Waals surface area contributed by atoms with Crippen molar-refractivity contribution in [1.82, 2.24) is 5.32 Å². The van der Waals surface area contributed by atoms with E-state index < -0.39 is 16.0 Å². The van der Waals surface area contributed by atoms with Crippen LogP contribution in [0.2, 0.25) is 0 Å². The minimum Gasteiger partial charge on any atom is -0.486 e. The minimum atomic E-state index is -3.87. The van der Waals surface area contributed by atoms with Crippen molar-refractivity contribution < 1.29 is 32.2 Å². The summed E-state index contributed by atoms with van der Waals surface area (Å²) in [5, 5.41) is 2.94. The third-order valence-corrected chi connectivity index (χ3v) is 7.37. The van der Waals surface area contributed by atoms with Crippen LogP contribution in [0.25, 0.3) is 0 Å². The molecule has 1 heterocycles. The molecule has 0 bridgehead atoms. The number of amides is 1. The Morgan fingerprint density at radius 1 is 1.00 bits per heavy atom. The average Bonchev–Trinajstić information content (AvgIpc) is 2.84. The molecular formula is C24H28N2O7S. The first-order valence-corrected chi connectivity index (χ1v) is 12.8. The number of nitrogens with one attached hydrogen (secondary N) is 2. The first-order chi connectivity index (χ1) is 16.3. The third kappa shape index (κ3) is 5.80. The second kappa shape index (κ2) is 10.3. The van der Waals surface area contributed by atoms with Crippen LogP contribution in [0, 0.1) is 5.92 Å². The molecule has 182 valence electrons. The molecule has 1 saturated carbocycles. The summed E-state index contributed by atoms with van der Waals surface area (Å²) in [6.07, 6.45) is 4.27. The number of benzene rings is 2. The quantitative estimate of drug-likeness (QED) is 0.575. The summed E-state index contributed by atoms with van der Waals surface area (Å²) in [5.41, 5.74) is 0.483. The van der Waals surface area contributed by atoms with Gasteiger partial charge in [0.1, 0.15) is 13.2 Å². The monoisotopic (exact) mass is 488 g/mol. The van der Waals surface area contributed by atoms with Crippen molar-refractivity contribution in [2.45, 2.75) is 43.5 Å². The van der Waals surface area contributed by atoms with Crippen LogP contribution in [0.4, 0.5) is 5.69 Å². The highest BCUT2D eigenvalue weighted by Crippen LogP contribution is 2.32. The van der Waals surface area contributed by atoms with E-state index in [-0.39, 0.29) is 34.7 Å². The number of anilines is 1. The average molecular weight is 489 g/mol. The van der Waals surface area contributed by atoms with Crippen LogP contribution in [0.5, 0.6) is 11.5 Å². The van der Waals surface area contributed by atoms with Gasteiger partial charge in [0.05, 0.1) is 10.5 Å². The molecular weight excluding hydrogens is 460 g/mol. The molecule has 9 nitrogen and oxygen atoms in total. The number of fused-ring (bicyclic) bond motifs is 1. The summed E-state index contributed by atoms with van der Waals surface area (Å²) in [5.74, 6) is 0.292. The zero-order valence-corrected chi connectivity index (χ0v) is 19.7. The summed E-state index contributed by atoms with van der Waals surface area (Å²) in [4.78, 5) is 24.5. The molecule has 34 heavy (non-hydrogen) atoms. The summed E-state index contributed by atoms with van der Waals surface area (Å²) in [7, 11) is -3.87. The van der Waals surface area contributed by atoms with Gasteiger partial charge in [0.15, 0.2) is 18.1 Å². The number of carbonyl (C=O) groups excluding carboxylic acids is 2. The van der Waals surface area contributed by atoms with E-state index in [1.54, 1.807) is 6.07 Å². The molecule has 2 N–H and O–H groups in total. The van der Waals surface area contributed by atoms with Crippen LogP contribution in [-0.4, -0.2) is 46.2 Å². The zero-order valence-electron chi connectivity index (χ0n) is 18.9. The lowest BCUT2D eigenvalue weighted by Crippen LogP contribution is -2.42. The zero-order chi connectivity index (χ0) is 24.1. The number of esters is 1. The Bertz CT molecular complexity index is 1150. The van der Waals surface area contributed by atoms with Gasteiger partial charge in [-0.25, -0.2) is 13.2 Å². The van der Waals surface area contributed by atoms with Gasteiger partial charge in [-0.15, -0.1) is 0 Å². The van der Waals surface area contributed by atoms with Gasteiger partial charge in [0, 0.05) is 17.8 Å². The Balaban J connectivity index is 1.31. The fourth-order valence-electron chi connectivity index (χ4n) is 4.07. The highest BCUT2D eigenvalue weighted by atomic mass is 32.2. The van der Waals surface area contributed by atoms with Gasteiger partial charge in [-0.05, 0) is 55.2 Å². The molecule has 0 saturated heterocycles. The van der Waals surface area contributed by atoms with Crippen molar-refractivity contribution in [3.63, 3.8) is 0 Å². The molecule has 2 aliphatic rings. The number of hydrogen-bond donors (Lipinski definition) is 2. The van der Waals surface area contributed by atoms with E-state index in [4.69, 9.17) is 14.2 Å². The van der Waals surface area contributed by atoms with Crippen molar-refractivity contribution in [2.24, 2.45) is 5.92 Å². The van der Waals surface area contributed by atoms with Crippen LogP contribution in [0.15, 0.2) is 47.4 Å². The highest BCUT2D eigenvalue weighted by Gasteiger charge is 2.23. The first-order valence-electron chi connectivity index (χ1n) is 11.3. The van der Waals surface area contributed by atoms with Gasteiger partial charge in [-0.2, -0.15) is 0 Å². The van der Waals surface area contributed by atoms with Crippen LogP contribution in [0.1, 0.15) is 43.0 Å². The lowest BCUT2D eigenvalue weighted by Gasteiger charge is -2.29. The smallest absolute Gasteiger partial charge is 0.338 e. The topological polar surface area (TPSA) is 120 Å². The van der Waals surface area contributed by atoms with E-state index in [0.717, 1.165) is 19.3 Å². The Kier molecular flexibility index (Phi) is 7.26. The summed E-state index contributed by atoms with van der Waals surface area (Å²) >= 11 is 0. The molecule has 1 amide bonds. The summed E-state index contributed by atoms with van der Waals surface area (Å²) < 4.78 is 43.9. The summed E-state index contributed by atoms with van der Waals surface area (Å²) in [6, 6.07) is 10.3. The van der Waals surface area contributed by atoms with E-state index in [1.807, 2.05) is 0 Å². The summed E-state index contributed by atoms with van der Waals surface area (Å²) in [6.45, 7) is 2.51. The molecule has 2 unspecified atom stereocenters. The molecule has 1 aliphatic heterocycles. The molecule has 4 rings (SSSR count). The molecule has 0 radical (unpaired) electrons. The van der Waals surface area contributed by atoms with Gasteiger partial charge in [0.2, 0.25) is 0 Å². The third-order valence-electron chi connectivity index (χ3n) is 5.99. The Morgan fingerprint density at radius 3 is 2.44 bits per heavy atom. The van der Waals surface area contributed by atoms with Crippen molar-refractivity contribution in [1.29, 1.82) is 0 Å². The van der Waals surface area contributed by atoms with E-state index in [9.17, 15) is 18.0 Å². The fraction of sp³-hybridized carbons (Fsp3) is 0.417. The van der Waals surface area contributed by atoms with E-state index in [0.29, 0.717) is 30.6 Å². The SMILES string of the molecule is CC1CCCCC1NC(=O)COC(=O)c1ccc(NS(=O)(=O)c2ccc3c(c2)OCCO3)cc1. The fourth-order valence-corrected chi connectivity index (χ4v) is 5.15. The van der Waals surface area contributed by atoms with E-state index in [2.05, 4.69) is 17.0 Å². The molecule has 0 aromatic heterocycles. The van der Waals surface area contributed by atoms with Crippen molar-refractivity contribution in [3.8, 4) is 11.5 Å². The number of hydrogen-bond acceptors (Lipinski definition) is 7. The lowest BCUT2D eigenvalue weighted by molar-refractivity contribution is -0.125. The molecule has 2 aromatic carbocycles. The second-order valence-electron chi connectivity index (χ2n) is 8.50.